The van der Waals surface area contributed by atoms with E-state index in [9.17, 15) is 8.42 Å². The Kier molecular flexibility index (Phi) is 6.08. The van der Waals surface area contributed by atoms with E-state index in [4.69, 9.17) is 0 Å². The smallest absolute Gasteiger partial charge is 0.262 e. The van der Waals surface area contributed by atoms with Crippen molar-refractivity contribution < 1.29 is 8.42 Å². The van der Waals surface area contributed by atoms with Crippen LogP contribution in [-0.4, -0.2) is 45.6 Å². The van der Waals surface area contributed by atoms with Gasteiger partial charge >= 0.3 is 0 Å². The van der Waals surface area contributed by atoms with Crippen molar-refractivity contribution in [3.05, 3.63) is 60.8 Å². The highest BCUT2D eigenvalue weighted by atomic mass is 32.2. The van der Waals surface area contributed by atoms with Crippen LogP contribution in [-0.2, 0) is 10.0 Å². The van der Waals surface area contributed by atoms with Gasteiger partial charge in [-0.3, -0.25) is 4.72 Å². The number of nitrogens with zero attached hydrogens (tertiary/aromatic N) is 4. The van der Waals surface area contributed by atoms with Crippen LogP contribution in [0.15, 0.2) is 65.7 Å². The molecule has 0 unspecified atom stereocenters. The number of rotatable bonds is 6. The summed E-state index contributed by atoms with van der Waals surface area (Å²) in [7, 11) is -0.0922. The maximum absolute atomic E-state index is 13.0. The molecular formula is C23H27N5O2S. The number of anilines is 3. The molecule has 3 aromatic rings. The van der Waals surface area contributed by atoms with Gasteiger partial charge in [0.2, 0.25) is 5.95 Å². The Hall–Kier alpha value is -3.13. The number of hydrogen-bond acceptors (Lipinski definition) is 6. The third kappa shape index (κ3) is 4.80. The Labute approximate surface area is 183 Å². The highest BCUT2D eigenvalue weighted by Crippen LogP contribution is 2.28. The largest absolute Gasteiger partial charge is 0.361 e. The van der Waals surface area contributed by atoms with Crippen LogP contribution in [0, 0.1) is 0 Å². The molecule has 162 valence electrons. The topological polar surface area (TPSA) is 78.4 Å². The molecule has 1 aliphatic heterocycles. The minimum Gasteiger partial charge on any atom is -0.361 e. The van der Waals surface area contributed by atoms with Gasteiger partial charge in [0, 0.05) is 27.2 Å². The molecular weight excluding hydrogens is 410 g/mol. The first-order chi connectivity index (χ1) is 14.9. The van der Waals surface area contributed by atoms with Crippen molar-refractivity contribution in [3.63, 3.8) is 0 Å². The Morgan fingerprint density at radius 3 is 2.19 bits per heavy atom. The summed E-state index contributed by atoms with van der Waals surface area (Å²) < 4.78 is 28.7. The number of benzene rings is 2. The minimum absolute atomic E-state index is 0.192. The highest BCUT2D eigenvalue weighted by molar-refractivity contribution is 7.92. The molecule has 2 heterocycles. The third-order valence-electron chi connectivity index (χ3n) is 5.33. The zero-order chi connectivity index (χ0) is 21.8. The van der Waals surface area contributed by atoms with Crippen LogP contribution < -0.4 is 14.5 Å². The average Bonchev–Trinajstić information content (AvgIpc) is 2.80. The lowest BCUT2D eigenvalue weighted by atomic mass is 10.1. The number of sulfonamides is 1. The van der Waals surface area contributed by atoms with Crippen molar-refractivity contribution >= 4 is 27.5 Å². The monoisotopic (exact) mass is 437 g/mol. The van der Waals surface area contributed by atoms with Crippen molar-refractivity contribution in [2.75, 3.05) is 41.7 Å². The molecule has 0 bridgehead atoms. The van der Waals surface area contributed by atoms with Gasteiger partial charge in [0.25, 0.3) is 10.0 Å². The molecule has 1 aromatic heterocycles. The SMILES string of the molecule is CN(C)c1nc(N2CCCCC2)ncc1NS(=O)(=O)c1ccc(-c2ccccc2)cc1. The fraction of sp³-hybridized carbons (Fsp3) is 0.304. The van der Waals surface area contributed by atoms with E-state index in [1.807, 2.05) is 56.6 Å². The summed E-state index contributed by atoms with van der Waals surface area (Å²) in [5.41, 5.74) is 2.36. The van der Waals surface area contributed by atoms with Crippen molar-refractivity contribution in [3.8, 4) is 11.1 Å². The molecule has 0 atom stereocenters. The summed E-state index contributed by atoms with van der Waals surface area (Å²) in [6, 6.07) is 16.7. The first-order valence-corrected chi connectivity index (χ1v) is 11.9. The van der Waals surface area contributed by atoms with E-state index in [-0.39, 0.29) is 4.90 Å². The molecule has 31 heavy (non-hydrogen) atoms. The molecule has 0 radical (unpaired) electrons. The second kappa shape index (κ2) is 8.93. The van der Waals surface area contributed by atoms with Crippen LogP contribution in [0.25, 0.3) is 11.1 Å². The second-order valence-electron chi connectivity index (χ2n) is 7.85. The van der Waals surface area contributed by atoms with Crippen LogP contribution in [0.4, 0.5) is 17.5 Å². The van der Waals surface area contributed by atoms with Crippen molar-refractivity contribution in [2.45, 2.75) is 24.2 Å². The molecule has 7 nitrogen and oxygen atoms in total. The second-order valence-corrected chi connectivity index (χ2v) is 9.53. The number of piperidine rings is 1. The Balaban J connectivity index is 1.58. The number of hydrogen-bond donors (Lipinski definition) is 1. The quantitative estimate of drug-likeness (QED) is 0.628. The molecule has 0 spiro atoms. The molecule has 1 fully saturated rings. The molecule has 1 N–H and O–H groups in total. The van der Waals surface area contributed by atoms with Gasteiger partial charge in [-0.25, -0.2) is 13.4 Å². The standard InChI is InChI=1S/C23H27N5O2S/c1-27(2)22-21(17-24-23(25-22)28-15-7-4-8-16-28)26-31(29,30)20-13-11-19(12-14-20)18-9-5-3-6-10-18/h3,5-6,9-14,17,26H,4,7-8,15-16H2,1-2H3. The van der Waals surface area contributed by atoms with Gasteiger partial charge in [0.1, 0.15) is 5.69 Å². The summed E-state index contributed by atoms with van der Waals surface area (Å²) in [5.74, 6) is 1.18. The van der Waals surface area contributed by atoms with Crippen LogP contribution in [0.5, 0.6) is 0 Å². The summed E-state index contributed by atoms with van der Waals surface area (Å²) in [4.78, 5) is 13.2. The van der Waals surface area contributed by atoms with Gasteiger partial charge in [-0.05, 0) is 42.5 Å². The fourth-order valence-corrected chi connectivity index (χ4v) is 4.73. The predicted octanol–water partition coefficient (Wildman–Crippen LogP) is 4.00. The summed E-state index contributed by atoms with van der Waals surface area (Å²) in [6.07, 6.45) is 5.02. The first kappa shape index (κ1) is 21.1. The number of aromatic nitrogens is 2. The van der Waals surface area contributed by atoms with Gasteiger partial charge in [0.05, 0.1) is 11.1 Å². The molecule has 0 aliphatic carbocycles. The summed E-state index contributed by atoms with van der Waals surface area (Å²) in [5, 5.41) is 0. The lowest BCUT2D eigenvalue weighted by Gasteiger charge is -2.28. The maximum atomic E-state index is 13.0. The highest BCUT2D eigenvalue weighted by Gasteiger charge is 2.21. The van der Waals surface area contributed by atoms with Gasteiger partial charge in [-0.1, -0.05) is 42.5 Å². The lowest BCUT2D eigenvalue weighted by molar-refractivity contribution is 0.568. The summed E-state index contributed by atoms with van der Waals surface area (Å²) in [6.45, 7) is 1.84. The minimum atomic E-state index is -3.78. The molecule has 8 heteroatoms. The average molecular weight is 438 g/mol. The molecule has 0 saturated carbocycles. The van der Waals surface area contributed by atoms with Gasteiger partial charge < -0.3 is 9.80 Å². The van der Waals surface area contributed by atoms with Crippen molar-refractivity contribution in [2.24, 2.45) is 0 Å². The van der Waals surface area contributed by atoms with Crippen LogP contribution in [0.3, 0.4) is 0 Å². The Morgan fingerprint density at radius 2 is 1.55 bits per heavy atom. The Morgan fingerprint density at radius 1 is 0.903 bits per heavy atom. The van der Waals surface area contributed by atoms with Crippen LogP contribution in [0.1, 0.15) is 19.3 Å². The van der Waals surface area contributed by atoms with Gasteiger partial charge in [-0.2, -0.15) is 4.98 Å². The Bertz CT molecular complexity index is 1130. The molecule has 2 aromatic carbocycles. The molecule has 1 aliphatic rings. The maximum Gasteiger partial charge on any atom is 0.262 e. The van der Waals surface area contributed by atoms with Crippen molar-refractivity contribution in [1.82, 2.24) is 9.97 Å². The van der Waals surface area contributed by atoms with E-state index < -0.39 is 10.0 Å². The molecule has 4 rings (SSSR count). The van der Waals surface area contributed by atoms with E-state index in [1.165, 1.54) is 6.42 Å². The van der Waals surface area contributed by atoms with Crippen LogP contribution >= 0.6 is 0 Å². The zero-order valence-electron chi connectivity index (χ0n) is 17.8. The van der Waals surface area contributed by atoms with Crippen molar-refractivity contribution in [1.29, 1.82) is 0 Å². The summed E-state index contributed by atoms with van der Waals surface area (Å²) >= 11 is 0. The van der Waals surface area contributed by atoms with Crippen LogP contribution in [0.2, 0.25) is 0 Å². The first-order valence-electron chi connectivity index (χ1n) is 10.4. The fourth-order valence-electron chi connectivity index (χ4n) is 3.68. The lowest BCUT2D eigenvalue weighted by Crippen LogP contribution is -2.31. The van der Waals surface area contributed by atoms with E-state index >= 15 is 0 Å². The number of nitrogens with one attached hydrogen (secondary N) is 1. The normalized spacial score (nSPS) is 14.3. The van der Waals surface area contributed by atoms with E-state index in [0.29, 0.717) is 17.5 Å². The van der Waals surface area contributed by atoms with Gasteiger partial charge in [-0.15, -0.1) is 0 Å². The third-order valence-corrected chi connectivity index (χ3v) is 6.72. The van der Waals surface area contributed by atoms with E-state index in [0.717, 1.165) is 37.1 Å². The zero-order valence-corrected chi connectivity index (χ0v) is 18.6. The molecule has 0 amide bonds. The molecule has 1 saturated heterocycles. The predicted molar refractivity (Wildman–Crippen MR) is 125 cm³/mol. The van der Waals surface area contributed by atoms with E-state index in [2.05, 4.69) is 19.6 Å². The van der Waals surface area contributed by atoms with Gasteiger partial charge in [0.15, 0.2) is 5.82 Å². The van der Waals surface area contributed by atoms with E-state index in [1.54, 1.807) is 23.2 Å².